The lowest BCUT2D eigenvalue weighted by Crippen LogP contribution is -2.44. The van der Waals surface area contributed by atoms with E-state index in [-0.39, 0.29) is 12.5 Å². The minimum absolute atomic E-state index is 0.180. The largest absolute Gasteiger partial charge is 0.464 e. The Morgan fingerprint density at radius 1 is 1.34 bits per heavy atom. The maximum absolute atomic E-state index is 12.2. The van der Waals surface area contributed by atoms with Gasteiger partial charge in [0, 0.05) is 18.3 Å². The average molecular weight is 411 g/mol. The monoisotopic (exact) mass is 411 g/mol. The Balaban J connectivity index is 2.08. The molecule has 29 heavy (non-hydrogen) atoms. The lowest BCUT2D eigenvalue weighted by atomic mass is 10.0. The summed E-state index contributed by atoms with van der Waals surface area (Å²) in [5, 5.41) is 22.8. The molecule has 1 fully saturated rings. The van der Waals surface area contributed by atoms with Crippen molar-refractivity contribution in [2.75, 3.05) is 6.61 Å². The van der Waals surface area contributed by atoms with Crippen LogP contribution in [0.4, 0.5) is 0 Å². The number of carbonyl (C=O) groups excluding carboxylic acids is 2. The highest BCUT2D eigenvalue weighted by Crippen LogP contribution is 2.28. The van der Waals surface area contributed by atoms with E-state index in [1.54, 1.807) is 20.8 Å². The molecule has 4 N–H and O–H groups in total. The zero-order valence-electron chi connectivity index (χ0n) is 16.3. The lowest BCUT2D eigenvalue weighted by Gasteiger charge is -2.19. The summed E-state index contributed by atoms with van der Waals surface area (Å²) in [7, 11) is 0. The van der Waals surface area contributed by atoms with Gasteiger partial charge in [-0.25, -0.2) is 9.59 Å². The van der Waals surface area contributed by atoms with E-state index in [0.717, 1.165) is 22.9 Å². The number of nitrogens with zero attached hydrogens (tertiary/aromatic N) is 1. The number of carbonyl (C=O) groups is 2. The molecule has 1 aromatic rings. The van der Waals surface area contributed by atoms with Gasteiger partial charge in [-0.3, -0.25) is 19.1 Å². The highest BCUT2D eigenvalue weighted by atomic mass is 16.6. The van der Waals surface area contributed by atoms with Gasteiger partial charge in [0.15, 0.2) is 6.23 Å². The Morgan fingerprint density at radius 2 is 2.03 bits per heavy atom. The van der Waals surface area contributed by atoms with Crippen molar-refractivity contribution in [3.63, 3.8) is 0 Å². The zero-order valence-corrected chi connectivity index (χ0v) is 16.3. The average Bonchev–Trinajstić information content (AvgIpc) is 2.92. The SMILES string of the molecule is CCOC(=O)[C@@H](NC(=O)/C=C/[C@H]1O[C@@H](n2ccc(=O)[nH]c2=O)[C@H](O)[C@@H]1O)C(C)C. The van der Waals surface area contributed by atoms with Crippen LogP contribution in [0.2, 0.25) is 0 Å². The number of aliphatic hydroxyl groups is 2. The van der Waals surface area contributed by atoms with Crippen LogP contribution in [0.15, 0.2) is 34.0 Å². The molecule has 1 aromatic heterocycles. The molecule has 1 saturated heterocycles. The number of esters is 1. The predicted molar refractivity (Wildman–Crippen MR) is 99.8 cm³/mol. The van der Waals surface area contributed by atoms with Crippen molar-refractivity contribution in [1.29, 1.82) is 0 Å². The highest BCUT2D eigenvalue weighted by Gasteiger charge is 2.43. The van der Waals surface area contributed by atoms with Crippen LogP contribution in [0.1, 0.15) is 27.0 Å². The first kappa shape index (κ1) is 22.5. The Morgan fingerprint density at radius 3 is 2.62 bits per heavy atom. The Labute approximate surface area is 166 Å². The lowest BCUT2D eigenvalue weighted by molar-refractivity contribution is -0.148. The van der Waals surface area contributed by atoms with Gasteiger partial charge in [0.2, 0.25) is 5.91 Å². The Bertz CT molecular complexity index is 874. The number of hydrogen-bond donors (Lipinski definition) is 4. The molecular formula is C18H25N3O8. The standard InChI is InChI=1S/C18H25N3O8/c1-4-28-17(26)13(9(2)3)19-11(22)6-5-10-14(24)15(25)16(29-10)21-8-7-12(23)20-18(21)27/h5-10,13-16,24-25H,4H2,1-3H3,(H,19,22)(H,20,23,27)/b6-5+/t10-,13+,14-,15-,16-/m1/s1. The molecule has 2 rings (SSSR count). The molecule has 2 heterocycles. The third-order valence-electron chi connectivity index (χ3n) is 4.34. The molecule has 0 aromatic carbocycles. The molecule has 0 saturated carbocycles. The fourth-order valence-electron chi connectivity index (χ4n) is 2.82. The van der Waals surface area contributed by atoms with E-state index in [9.17, 15) is 29.4 Å². The predicted octanol–water partition coefficient (Wildman–Crippen LogP) is -1.58. The minimum atomic E-state index is -1.47. The summed E-state index contributed by atoms with van der Waals surface area (Å²) in [4.78, 5) is 49.1. The van der Waals surface area contributed by atoms with Gasteiger partial charge in [-0.15, -0.1) is 0 Å². The smallest absolute Gasteiger partial charge is 0.330 e. The van der Waals surface area contributed by atoms with Crippen LogP contribution in [-0.2, 0) is 19.1 Å². The maximum atomic E-state index is 12.2. The van der Waals surface area contributed by atoms with Crippen LogP contribution >= 0.6 is 0 Å². The number of ether oxygens (including phenoxy) is 2. The fourth-order valence-corrected chi connectivity index (χ4v) is 2.82. The van der Waals surface area contributed by atoms with Gasteiger partial charge in [0.05, 0.1) is 6.61 Å². The Hall–Kier alpha value is -2.76. The van der Waals surface area contributed by atoms with Gasteiger partial charge >= 0.3 is 11.7 Å². The zero-order chi connectivity index (χ0) is 21.7. The molecule has 0 spiro atoms. The third-order valence-corrected chi connectivity index (χ3v) is 4.34. The first-order valence-corrected chi connectivity index (χ1v) is 9.14. The summed E-state index contributed by atoms with van der Waals surface area (Å²) in [5.74, 6) is -1.39. The van der Waals surface area contributed by atoms with E-state index >= 15 is 0 Å². The summed E-state index contributed by atoms with van der Waals surface area (Å²) >= 11 is 0. The molecule has 0 radical (unpaired) electrons. The normalized spacial score (nSPS) is 25.3. The van der Waals surface area contributed by atoms with Crippen LogP contribution in [-0.4, -0.2) is 62.6 Å². The molecule has 1 aliphatic heterocycles. The molecular weight excluding hydrogens is 386 g/mol. The van der Waals surface area contributed by atoms with E-state index in [0.29, 0.717) is 0 Å². The minimum Gasteiger partial charge on any atom is -0.464 e. The van der Waals surface area contributed by atoms with Crippen LogP contribution in [0.5, 0.6) is 0 Å². The van der Waals surface area contributed by atoms with E-state index < -0.39 is 53.7 Å². The first-order chi connectivity index (χ1) is 13.6. The van der Waals surface area contributed by atoms with Gasteiger partial charge in [0.1, 0.15) is 24.4 Å². The summed E-state index contributed by atoms with van der Waals surface area (Å²) in [6, 6.07) is 0.224. The number of aromatic nitrogens is 2. The Kier molecular flexibility index (Phi) is 7.48. The topological polar surface area (TPSA) is 160 Å². The van der Waals surface area contributed by atoms with Gasteiger partial charge < -0.3 is 25.0 Å². The van der Waals surface area contributed by atoms with Crippen molar-refractivity contribution >= 4 is 11.9 Å². The van der Waals surface area contributed by atoms with Gasteiger partial charge in [-0.05, 0) is 18.9 Å². The van der Waals surface area contributed by atoms with Crippen molar-refractivity contribution in [3.05, 3.63) is 45.3 Å². The molecule has 160 valence electrons. The van der Waals surface area contributed by atoms with E-state index in [1.165, 1.54) is 6.08 Å². The molecule has 0 bridgehead atoms. The van der Waals surface area contributed by atoms with Gasteiger partial charge in [-0.2, -0.15) is 0 Å². The molecule has 11 nitrogen and oxygen atoms in total. The van der Waals surface area contributed by atoms with E-state index in [1.807, 2.05) is 4.98 Å². The molecule has 1 amide bonds. The fraction of sp³-hybridized carbons (Fsp3) is 0.556. The number of H-pyrrole nitrogens is 1. The van der Waals surface area contributed by atoms with Gasteiger partial charge in [0.25, 0.3) is 5.56 Å². The van der Waals surface area contributed by atoms with Crippen LogP contribution in [0.25, 0.3) is 0 Å². The summed E-state index contributed by atoms with van der Waals surface area (Å²) < 4.78 is 11.3. The summed E-state index contributed by atoms with van der Waals surface area (Å²) in [6.45, 7) is 5.33. The quantitative estimate of drug-likeness (QED) is 0.309. The van der Waals surface area contributed by atoms with Crippen LogP contribution in [0.3, 0.4) is 0 Å². The van der Waals surface area contributed by atoms with Crippen molar-refractivity contribution < 1.29 is 29.3 Å². The van der Waals surface area contributed by atoms with Crippen molar-refractivity contribution in [1.82, 2.24) is 14.9 Å². The van der Waals surface area contributed by atoms with Gasteiger partial charge in [-0.1, -0.05) is 13.8 Å². The second kappa shape index (κ2) is 9.63. The maximum Gasteiger partial charge on any atom is 0.330 e. The number of rotatable bonds is 7. The molecule has 0 unspecified atom stereocenters. The third kappa shape index (κ3) is 5.40. The molecule has 5 atom stereocenters. The summed E-state index contributed by atoms with van der Waals surface area (Å²) in [6.07, 6.45) is -1.84. The van der Waals surface area contributed by atoms with E-state index in [4.69, 9.17) is 9.47 Å². The van der Waals surface area contributed by atoms with Crippen LogP contribution in [0, 0.1) is 5.92 Å². The van der Waals surface area contributed by atoms with E-state index in [2.05, 4.69) is 5.32 Å². The molecule has 11 heteroatoms. The second-order valence-corrected chi connectivity index (χ2v) is 6.83. The van der Waals surface area contributed by atoms with Crippen molar-refractivity contribution in [2.45, 2.75) is 51.4 Å². The number of amides is 1. The highest BCUT2D eigenvalue weighted by molar-refractivity contribution is 5.91. The van der Waals surface area contributed by atoms with Crippen molar-refractivity contribution in [3.8, 4) is 0 Å². The molecule has 0 aliphatic carbocycles. The van der Waals surface area contributed by atoms with Crippen LogP contribution < -0.4 is 16.6 Å². The number of aliphatic hydroxyl groups excluding tert-OH is 2. The number of nitrogens with one attached hydrogen (secondary N) is 2. The second-order valence-electron chi connectivity index (χ2n) is 6.83. The van der Waals surface area contributed by atoms with Crippen molar-refractivity contribution in [2.24, 2.45) is 5.92 Å². The first-order valence-electron chi connectivity index (χ1n) is 9.14. The number of hydrogen-bond acceptors (Lipinski definition) is 8. The number of aromatic amines is 1. The molecule has 1 aliphatic rings. The summed E-state index contributed by atoms with van der Waals surface area (Å²) in [5.41, 5.74) is -1.43.